The third kappa shape index (κ3) is 4.89. The highest BCUT2D eigenvalue weighted by atomic mass is 32.2. The predicted molar refractivity (Wildman–Crippen MR) is 93.0 cm³/mol. The van der Waals surface area contributed by atoms with Crippen molar-refractivity contribution in [3.8, 4) is 0 Å². The third-order valence-electron chi connectivity index (χ3n) is 4.07. The summed E-state index contributed by atoms with van der Waals surface area (Å²) >= 11 is 0. The molecular formula is C15H25N5O3S. The Morgan fingerprint density at radius 1 is 1.33 bits per heavy atom. The van der Waals surface area contributed by atoms with Crippen LogP contribution in [0.5, 0.6) is 0 Å². The fraction of sp³-hybridized carbons (Fsp3) is 0.600. The fourth-order valence-corrected chi connectivity index (χ4v) is 3.79. The number of sulfonamides is 1. The molecule has 1 aliphatic rings. The van der Waals surface area contributed by atoms with Crippen LogP contribution in [0.4, 0.5) is 5.82 Å². The first-order chi connectivity index (χ1) is 11.4. The molecule has 1 saturated heterocycles. The van der Waals surface area contributed by atoms with Gasteiger partial charge in [-0.05, 0) is 12.1 Å². The number of carbonyl (C=O) groups excluding carboxylic acids is 1. The highest BCUT2D eigenvalue weighted by Gasteiger charge is 2.27. The fourth-order valence-electron chi connectivity index (χ4n) is 2.45. The van der Waals surface area contributed by atoms with E-state index < -0.39 is 10.0 Å². The van der Waals surface area contributed by atoms with Crippen LogP contribution in [0, 0.1) is 5.92 Å². The number of anilines is 1. The predicted octanol–water partition coefficient (Wildman–Crippen LogP) is -0.756. The van der Waals surface area contributed by atoms with Gasteiger partial charge >= 0.3 is 0 Å². The lowest BCUT2D eigenvalue weighted by Gasteiger charge is -2.34. The van der Waals surface area contributed by atoms with Crippen molar-refractivity contribution in [2.24, 2.45) is 11.7 Å². The van der Waals surface area contributed by atoms with Crippen LogP contribution < -0.4 is 16.0 Å². The Morgan fingerprint density at radius 2 is 2.04 bits per heavy atom. The van der Waals surface area contributed by atoms with Gasteiger partial charge in [-0.1, -0.05) is 13.0 Å². The van der Waals surface area contributed by atoms with E-state index >= 15 is 0 Å². The van der Waals surface area contributed by atoms with Crippen molar-refractivity contribution in [3.05, 3.63) is 24.4 Å². The molecule has 1 unspecified atom stereocenters. The average Bonchev–Trinajstić information content (AvgIpc) is 2.61. The van der Waals surface area contributed by atoms with Crippen LogP contribution in [-0.2, 0) is 14.8 Å². The summed E-state index contributed by atoms with van der Waals surface area (Å²) in [5.41, 5.74) is 5.41. The SMILES string of the molecule is CC(CN)C(=O)NCCS(=O)(=O)N1CCN(c2ccccn2)CC1. The summed E-state index contributed by atoms with van der Waals surface area (Å²) < 4.78 is 26.2. The standard InChI is InChI=1S/C15H25N5O3S/c1-13(12-16)15(21)18-6-11-24(22,23)20-9-7-19(8-10-20)14-4-2-3-5-17-14/h2-5,13H,6-12,16H2,1H3,(H,18,21). The molecule has 2 rings (SSSR count). The lowest BCUT2D eigenvalue weighted by atomic mass is 10.2. The van der Waals surface area contributed by atoms with Gasteiger partial charge in [0.05, 0.1) is 5.75 Å². The zero-order valence-electron chi connectivity index (χ0n) is 13.9. The molecule has 9 heteroatoms. The molecule has 8 nitrogen and oxygen atoms in total. The minimum absolute atomic E-state index is 0.0976. The van der Waals surface area contributed by atoms with E-state index in [9.17, 15) is 13.2 Å². The molecule has 1 amide bonds. The van der Waals surface area contributed by atoms with E-state index in [-0.39, 0.29) is 30.7 Å². The van der Waals surface area contributed by atoms with Gasteiger partial charge in [0.2, 0.25) is 15.9 Å². The maximum Gasteiger partial charge on any atom is 0.224 e. The van der Waals surface area contributed by atoms with Gasteiger partial charge in [-0.15, -0.1) is 0 Å². The third-order valence-corrected chi connectivity index (χ3v) is 5.94. The van der Waals surface area contributed by atoms with E-state index in [4.69, 9.17) is 5.73 Å². The lowest BCUT2D eigenvalue weighted by molar-refractivity contribution is -0.124. The van der Waals surface area contributed by atoms with Crippen molar-refractivity contribution in [2.45, 2.75) is 6.92 Å². The van der Waals surface area contributed by atoms with Crippen molar-refractivity contribution in [1.82, 2.24) is 14.6 Å². The second kappa shape index (κ2) is 8.41. The van der Waals surface area contributed by atoms with E-state index in [1.165, 1.54) is 4.31 Å². The number of carbonyl (C=O) groups is 1. The quantitative estimate of drug-likeness (QED) is 0.666. The van der Waals surface area contributed by atoms with E-state index in [0.29, 0.717) is 26.2 Å². The number of nitrogens with one attached hydrogen (secondary N) is 1. The molecular weight excluding hydrogens is 330 g/mol. The summed E-state index contributed by atoms with van der Waals surface area (Å²) in [5.74, 6) is 0.236. The first-order valence-corrected chi connectivity index (χ1v) is 9.66. The van der Waals surface area contributed by atoms with Crippen molar-refractivity contribution >= 4 is 21.7 Å². The molecule has 1 fully saturated rings. The van der Waals surface area contributed by atoms with Gasteiger partial charge in [-0.3, -0.25) is 4.79 Å². The summed E-state index contributed by atoms with van der Waals surface area (Å²) in [7, 11) is -3.38. The van der Waals surface area contributed by atoms with Gasteiger partial charge in [0.15, 0.2) is 0 Å². The Balaban J connectivity index is 1.81. The Kier molecular flexibility index (Phi) is 6.52. The lowest BCUT2D eigenvalue weighted by Crippen LogP contribution is -2.50. The monoisotopic (exact) mass is 355 g/mol. The van der Waals surface area contributed by atoms with Gasteiger partial charge in [0, 0.05) is 51.4 Å². The van der Waals surface area contributed by atoms with Gasteiger partial charge in [0.25, 0.3) is 0 Å². The second-order valence-corrected chi connectivity index (χ2v) is 7.91. The van der Waals surface area contributed by atoms with E-state index in [2.05, 4.69) is 15.2 Å². The zero-order chi connectivity index (χ0) is 17.6. The smallest absolute Gasteiger partial charge is 0.224 e. The van der Waals surface area contributed by atoms with Crippen molar-refractivity contribution in [3.63, 3.8) is 0 Å². The Bertz CT molecular complexity index is 630. The van der Waals surface area contributed by atoms with Gasteiger partial charge < -0.3 is 16.0 Å². The molecule has 3 N–H and O–H groups in total. The highest BCUT2D eigenvalue weighted by Crippen LogP contribution is 2.14. The first kappa shape index (κ1) is 18.6. The normalized spacial score (nSPS) is 17.5. The Hall–Kier alpha value is -1.71. The highest BCUT2D eigenvalue weighted by molar-refractivity contribution is 7.89. The van der Waals surface area contributed by atoms with Crippen molar-refractivity contribution < 1.29 is 13.2 Å². The van der Waals surface area contributed by atoms with E-state index in [1.807, 2.05) is 18.2 Å². The van der Waals surface area contributed by atoms with Crippen LogP contribution in [0.3, 0.4) is 0 Å². The van der Waals surface area contributed by atoms with Gasteiger partial charge in [0.1, 0.15) is 5.82 Å². The molecule has 0 aromatic carbocycles. The first-order valence-electron chi connectivity index (χ1n) is 8.05. The van der Waals surface area contributed by atoms with Crippen molar-refractivity contribution in [1.29, 1.82) is 0 Å². The number of aromatic nitrogens is 1. The Labute approximate surface area is 143 Å². The number of rotatable bonds is 7. The van der Waals surface area contributed by atoms with E-state index in [1.54, 1.807) is 13.1 Å². The summed E-state index contributed by atoms with van der Waals surface area (Å²) in [5, 5.41) is 2.62. The van der Waals surface area contributed by atoms with Crippen LogP contribution >= 0.6 is 0 Å². The Morgan fingerprint density at radius 3 is 2.62 bits per heavy atom. The number of piperazine rings is 1. The number of nitrogens with two attached hydrogens (primary N) is 1. The molecule has 0 aliphatic carbocycles. The van der Waals surface area contributed by atoms with Crippen LogP contribution in [-0.4, -0.2) is 68.6 Å². The van der Waals surface area contributed by atoms with Crippen LogP contribution in [0.2, 0.25) is 0 Å². The summed E-state index contributed by atoms with van der Waals surface area (Å²) in [4.78, 5) is 18.0. The van der Waals surface area contributed by atoms with Crippen LogP contribution in [0.15, 0.2) is 24.4 Å². The van der Waals surface area contributed by atoms with Gasteiger partial charge in [-0.2, -0.15) is 4.31 Å². The number of nitrogens with zero attached hydrogens (tertiary/aromatic N) is 3. The van der Waals surface area contributed by atoms with Crippen LogP contribution in [0.25, 0.3) is 0 Å². The maximum absolute atomic E-state index is 12.4. The maximum atomic E-state index is 12.4. The largest absolute Gasteiger partial charge is 0.355 e. The number of hydrogen-bond acceptors (Lipinski definition) is 6. The molecule has 0 bridgehead atoms. The molecule has 1 aliphatic heterocycles. The number of hydrogen-bond donors (Lipinski definition) is 2. The zero-order valence-corrected chi connectivity index (χ0v) is 14.7. The summed E-state index contributed by atoms with van der Waals surface area (Å²) in [6, 6.07) is 5.68. The topological polar surface area (TPSA) is 109 Å². The molecule has 0 spiro atoms. The molecule has 134 valence electrons. The van der Waals surface area contributed by atoms with Crippen molar-refractivity contribution in [2.75, 3.05) is 49.9 Å². The molecule has 2 heterocycles. The second-order valence-electron chi connectivity index (χ2n) is 5.82. The molecule has 1 aromatic rings. The average molecular weight is 355 g/mol. The molecule has 1 aromatic heterocycles. The minimum atomic E-state index is -3.38. The van der Waals surface area contributed by atoms with E-state index in [0.717, 1.165) is 5.82 Å². The number of pyridine rings is 1. The summed E-state index contributed by atoms with van der Waals surface area (Å²) in [6.07, 6.45) is 1.73. The molecule has 0 radical (unpaired) electrons. The van der Waals surface area contributed by atoms with Crippen LogP contribution in [0.1, 0.15) is 6.92 Å². The molecule has 24 heavy (non-hydrogen) atoms. The van der Waals surface area contributed by atoms with Gasteiger partial charge in [-0.25, -0.2) is 13.4 Å². The molecule has 1 atom stereocenters. The minimum Gasteiger partial charge on any atom is -0.355 e. The molecule has 0 saturated carbocycles. The summed E-state index contributed by atoms with van der Waals surface area (Å²) in [6.45, 7) is 4.11. The number of amides is 1.